The van der Waals surface area contributed by atoms with Crippen molar-refractivity contribution in [2.75, 3.05) is 11.9 Å². The summed E-state index contributed by atoms with van der Waals surface area (Å²) in [5, 5.41) is 26.3. The molecule has 0 unspecified atom stereocenters. The molecule has 166 valence electrons. The van der Waals surface area contributed by atoms with E-state index in [1.165, 1.54) is 6.33 Å². The monoisotopic (exact) mass is 442 g/mol. The zero-order valence-electron chi connectivity index (χ0n) is 17.8. The van der Waals surface area contributed by atoms with Crippen molar-refractivity contribution in [3.63, 3.8) is 0 Å². The van der Waals surface area contributed by atoms with Crippen molar-refractivity contribution in [3.05, 3.63) is 60.7 Å². The SMILES string of the molecule is N#Cc1c(-c2ccc(NC(=O)O)cc2)n(C2CCC2)c2cc(OCCn3cncn3)ccc12. The number of ether oxygens (including phenoxy) is 1. The standard InChI is InChI=1S/C24H22N6O3/c25-13-21-20-9-8-19(33-11-10-29-15-26-14-27-29)12-22(20)30(18-2-1-3-18)23(21)16-4-6-17(7-5-16)28-24(31)32/h4-9,12,14-15,18,28H,1-3,10-11H2,(H,31,32). The van der Waals surface area contributed by atoms with Crippen molar-refractivity contribution in [1.82, 2.24) is 19.3 Å². The molecule has 0 atom stereocenters. The fourth-order valence-corrected chi connectivity index (χ4v) is 4.24. The molecule has 0 aliphatic heterocycles. The molecule has 1 fully saturated rings. The van der Waals surface area contributed by atoms with E-state index in [2.05, 4.69) is 26.0 Å². The molecule has 2 aromatic carbocycles. The number of fused-ring (bicyclic) bond motifs is 1. The molecule has 1 aliphatic carbocycles. The van der Waals surface area contributed by atoms with Crippen molar-refractivity contribution in [2.45, 2.75) is 31.8 Å². The number of anilines is 1. The normalized spacial score (nSPS) is 13.4. The lowest BCUT2D eigenvalue weighted by Gasteiger charge is -2.30. The molecule has 5 rings (SSSR count). The van der Waals surface area contributed by atoms with Crippen molar-refractivity contribution in [1.29, 1.82) is 5.26 Å². The second kappa shape index (κ2) is 8.67. The molecule has 2 aromatic heterocycles. The molecule has 9 heteroatoms. The average molecular weight is 442 g/mol. The quantitative estimate of drug-likeness (QED) is 0.430. The lowest BCUT2D eigenvalue weighted by Crippen LogP contribution is -2.18. The van der Waals surface area contributed by atoms with Gasteiger partial charge in [-0.05, 0) is 49.1 Å². The molecule has 2 heterocycles. The summed E-state index contributed by atoms with van der Waals surface area (Å²) in [7, 11) is 0. The first-order valence-electron chi connectivity index (χ1n) is 10.8. The number of aromatic nitrogens is 4. The van der Waals surface area contributed by atoms with E-state index < -0.39 is 6.09 Å². The average Bonchev–Trinajstić information content (AvgIpc) is 3.39. The van der Waals surface area contributed by atoms with Gasteiger partial charge in [-0.1, -0.05) is 12.1 Å². The van der Waals surface area contributed by atoms with Crippen LogP contribution in [0, 0.1) is 11.3 Å². The van der Waals surface area contributed by atoms with Gasteiger partial charge in [0.2, 0.25) is 0 Å². The van der Waals surface area contributed by atoms with Gasteiger partial charge in [-0.15, -0.1) is 0 Å². The molecular weight excluding hydrogens is 420 g/mol. The minimum absolute atomic E-state index is 0.312. The molecule has 9 nitrogen and oxygen atoms in total. The minimum atomic E-state index is -1.11. The highest BCUT2D eigenvalue weighted by Crippen LogP contribution is 2.43. The van der Waals surface area contributed by atoms with Crippen molar-refractivity contribution in [3.8, 4) is 23.1 Å². The summed E-state index contributed by atoms with van der Waals surface area (Å²) in [6.45, 7) is 1.04. The van der Waals surface area contributed by atoms with Gasteiger partial charge in [0.15, 0.2) is 0 Å². The van der Waals surface area contributed by atoms with Crippen LogP contribution >= 0.6 is 0 Å². The Bertz CT molecular complexity index is 1330. The highest BCUT2D eigenvalue weighted by atomic mass is 16.5. The van der Waals surface area contributed by atoms with E-state index in [0.29, 0.717) is 30.4 Å². The van der Waals surface area contributed by atoms with E-state index in [1.807, 2.05) is 30.3 Å². The van der Waals surface area contributed by atoms with Crippen LogP contribution in [-0.4, -0.2) is 37.1 Å². The summed E-state index contributed by atoms with van der Waals surface area (Å²) in [4.78, 5) is 14.9. The molecular formula is C24H22N6O3. The lowest BCUT2D eigenvalue weighted by molar-refractivity contribution is 0.209. The summed E-state index contributed by atoms with van der Waals surface area (Å²) in [5.41, 5.74) is 3.81. The maximum absolute atomic E-state index is 10.9. The summed E-state index contributed by atoms with van der Waals surface area (Å²) >= 11 is 0. The number of nitrogens with zero attached hydrogens (tertiary/aromatic N) is 5. The Kier molecular flexibility index (Phi) is 5.40. The molecule has 2 N–H and O–H groups in total. The Labute approximate surface area is 189 Å². The summed E-state index contributed by atoms with van der Waals surface area (Å²) in [6, 6.07) is 15.7. The molecule has 1 amide bonds. The third kappa shape index (κ3) is 3.99. The lowest BCUT2D eigenvalue weighted by atomic mass is 9.92. The number of hydrogen-bond acceptors (Lipinski definition) is 5. The van der Waals surface area contributed by atoms with Gasteiger partial charge >= 0.3 is 6.09 Å². The fourth-order valence-electron chi connectivity index (χ4n) is 4.24. The van der Waals surface area contributed by atoms with Crippen molar-refractivity contribution >= 4 is 22.7 Å². The molecule has 0 bridgehead atoms. The van der Waals surface area contributed by atoms with Gasteiger partial charge in [-0.3, -0.25) is 5.32 Å². The van der Waals surface area contributed by atoms with Gasteiger partial charge in [0.1, 0.15) is 31.1 Å². The van der Waals surface area contributed by atoms with E-state index in [9.17, 15) is 10.1 Å². The van der Waals surface area contributed by atoms with Crippen LogP contribution in [0.1, 0.15) is 30.9 Å². The first kappa shape index (κ1) is 20.6. The van der Waals surface area contributed by atoms with E-state index in [1.54, 1.807) is 23.1 Å². The van der Waals surface area contributed by atoms with Gasteiger partial charge in [-0.25, -0.2) is 14.5 Å². The zero-order chi connectivity index (χ0) is 22.8. The molecule has 0 saturated heterocycles. The Morgan fingerprint density at radius 1 is 1.24 bits per heavy atom. The first-order valence-corrected chi connectivity index (χ1v) is 10.8. The second-order valence-corrected chi connectivity index (χ2v) is 7.98. The van der Waals surface area contributed by atoms with Crippen molar-refractivity contribution < 1.29 is 14.6 Å². The maximum Gasteiger partial charge on any atom is 0.409 e. The van der Waals surface area contributed by atoms with Crippen LogP contribution in [0.4, 0.5) is 10.5 Å². The number of carbonyl (C=O) groups is 1. The van der Waals surface area contributed by atoms with Crippen LogP contribution in [0.25, 0.3) is 22.2 Å². The van der Waals surface area contributed by atoms with E-state index in [4.69, 9.17) is 9.84 Å². The largest absolute Gasteiger partial charge is 0.492 e. The summed E-state index contributed by atoms with van der Waals surface area (Å²) in [5.74, 6) is 0.734. The predicted molar refractivity (Wildman–Crippen MR) is 122 cm³/mol. The van der Waals surface area contributed by atoms with Gasteiger partial charge in [-0.2, -0.15) is 10.4 Å². The Hall–Kier alpha value is -4.32. The first-order chi connectivity index (χ1) is 16.1. The Balaban J connectivity index is 1.53. The molecule has 4 aromatic rings. The van der Waals surface area contributed by atoms with Gasteiger partial charge in [0.05, 0.1) is 23.3 Å². The van der Waals surface area contributed by atoms with Gasteiger partial charge in [0.25, 0.3) is 0 Å². The summed E-state index contributed by atoms with van der Waals surface area (Å²) in [6.07, 6.45) is 5.29. The van der Waals surface area contributed by atoms with Gasteiger partial charge < -0.3 is 14.4 Å². The smallest absolute Gasteiger partial charge is 0.409 e. The molecule has 33 heavy (non-hydrogen) atoms. The Morgan fingerprint density at radius 2 is 2.06 bits per heavy atom. The van der Waals surface area contributed by atoms with E-state index >= 15 is 0 Å². The molecule has 0 spiro atoms. The zero-order valence-corrected chi connectivity index (χ0v) is 17.8. The second-order valence-electron chi connectivity index (χ2n) is 7.98. The van der Waals surface area contributed by atoms with Crippen LogP contribution < -0.4 is 10.1 Å². The number of rotatable bonds is 7. The van der Waals surface area contributed by atoms with Crippen LogP contribution in [-0.2, 0) is 6.54 Å². The maximum atomic E-state index is 10.9. The predicted octanol–water partition coefficient (Wildman–Crippen LogP) is 4.67. The highest BCUT2D eigenvalue weighted by Gasteiger charge is 2.28. The minimum Gasteiger partial charge on any atom is -0.492 e. The van der Waals surface area contributed by atoms with Crippen LogP contribution in [0.5, 0.6) is 5.75 Å². The third-order valence-corrected chi connectivity index (χ3v) is 5.99. The molecule has 1 aliphatic rings. The van der Waals surface area contributed by atoms with E-state index in [-0.39, 0.29) is 0 Å². The number of nitrogens with one attached hydrogen (secondary N) is 1. The topological polar surface area (TPSA) is 118 Å². The third-order valence-electron chi connectivity index (χ3n) is 5.99. The van der Waals surface area contributed by atoms with Crippen molar-refractivity contribution in [2.24, 2.45) is 0 Å². The summed E-state index contributed by atoms with van der Waals surface area (Å²) < 4.78 is 9.93. The Morgan fingerprint density at radius 3 is 2.70 bits per heavy atom. The number of nitriles is 1. The van der Waals surface area contributed by atoms with E-state index in [0.717, 1.165) is 47.2 Å². The highest BCUT2D eigenvalue weighted by molar-refractivity contribution is 5.95. The number of hydrogen-bond donors (Lipinski definition) is 2. The molecule has 0 radical (unpaired) electrons. The number of benzene rings is 2. The fraction of sp³-hybridized carbons (Fsp3) is 0.250. The molecule has 1 saturated carbocycles. The van der Waals surface area contributed by atoms with Gasteiger partial charge in [0, 0.05) is 23.2 Å². The van der Waals surface area contributed by atoms with Crippen LogP contribution in [0.15, 0.2) is 55.1 Å². The van der Waals surface area contributed by atoms with Crippen LogP contribution in [0.2, 0.25) is 0 Å². The number of amides is 1. The van der Waals surface area contributed by atoms with Crippen LogP contribution in [0.3, 0.4) is 0 Å². The number of carboxylic acid groups (broad SMARTS) is 1.